The molecule has 0 bridgehead atoms. The Labute approximate surface area is 116 Å². The Hall–Kier alpha value is -1.76. The Morgan fingerprint density at radius 1 is 1.21 bits per heavy atom. The summed E-state index contributed by atoms with van der Waals surface area (Å²) in [7, 11) is 0. The summed E-state index contributed by atoms with van der Waals surface area (Å²) in [6.45, 7) is 4.09. The summed E-state index contributed by atoms with van der Waals surface area (Å²) >= 11 is 1.35. The van der Waals surface area contributed by atoms with Gasteiger partial charge in [0, 0.05) is 25.7 Å². The fraction of sp³-hybridized carbons (Fsp3) is 0.538. The number of nitrogens with two attached hydrogens (primary N) is 1. The van der Waals surface area contributed by atoms with Gasteiger partial charge in [-0.05, 0) is 19.4 Å². The molecule has 19 heavy (non-hydrogen) atoms. The number of piperazine rings is 1. The minimum atomic E-state index is 0.346. The van der Waals surface area contributed by atoms with Gasteiger partial charge in [-0.2, -0.15) is 10.5 Å². The second-order valence-corrected chi connectivity index (χ2v) is 6.03. The summed E-state index contributed by atoms with van der Waals surface area (Å²) in [5.74, 6) is 0. The van der Waals surface area contributed by atoms with Gasteiger partial charge in [-0.25, -0.2) is 0 Å². The number of nitrogen functional groups attached to an aromatic ring is 1. The maximum atomic E-state index is 9.26. The number of rotatable bonds is 1. The highest BCUT2D eigenvalue weighted by Gasteiger charge is 2.32. The van der Waals surface area contributed by atoms with Crippen LogP contribution in [0.5, 0.6) is 0 Å². The van der Waals surface area contributed by atoms with Crippen LogP contribution in [-0.4, -0.2) is 37.1 Å². The zero-order chi connectivity index (χ0) is 13.4. The quantitative estimate of drug-likeness (QED) is 0.835. The fourth-order valence-electron chi connectivity index (χ4n) is 3.02. The molecule has 1 unspecified atom stereocenters. The third-order valence-electron chi connectivity index (χ3n) is 4.01. The van der Waals surface area contributed by atoms with Crippen LogP contribution in [0.1, 0.15) is 23.3 Å². The molecule has 3 rings (SSSR count). The first kappa shape index (κ1) is 12.3. The van der Waals surface area contributed by atoms with Gasteiger partial charge in [0.2, 0.25) is 0 Å². The first-order chi connectivity index (χ1) is 9.24. The molecule has 98 valence electrons. The van der Waals surface area contributed by atoms with Gasteiger partial charge in [-0.1, -0.05) is 0 Å². The standard InChI is InChI=1S/C13H15N5S/c14-6-10-12(16)11(7-15)19-13(10)18-5-4-17-3-1-2-9(17)8-18/h9H,1-5,8,16H2. The molecule has 2 aliphatic heterocycles. The van der Waals surface area contributed by atoms with Crippen molar-refractivity contribution < 1.29 is 0 Å². The lowest BCUT2D eigenvalue weighted by Crippen LogP contribution is -2.50. The molecular weight excluding hydrogens is 258 g/mol. The highest BCUT2D eigenvalue weighted by atomic mass is 32.1. The molecule has 0 aliphatic carbocycles. The molecule has 6 heteroatoms. The number of hydrogen-bond donors (Lipinski definition) is 1. The summed E-state index contributed by atoms with van der Waals surface area (Å²) in [5, 5.41) is 19.2. The van der Waals surface area contributed by atoms with Crippen molar-refractivity contribution in [3.05, 3.63) is 10.4 Å². The molecule has 1 aromatic heterocycles. The van der Waals surface area contributed by atoms with Gasteiger partial charge in [0.15, 0.2) is 0 Å². The van der Waals surface area contributed by atoms with E-state index in [1.165, 1.54) is 30.7 Å². The van der Waals surface area contributed by atoms with Crippen molar-refractivity contribution in [2.24, 2.45) is 0 Å². The molecular formula is C13H15N5S. The van der Waals surface area contributed by atoms with Crippen LogP contribution in [0.2, 0.25) is 0 Å². The second-order valence-electron chi connectivity index (χ2n) is 5.03. The van der Waals surface area contributed by atoms with Crippen molar-refractivity contribution in [3.63, 3.8) is 0 Å². The van der Waals surface area contributed by atoms with Gasteiger partial charge in [0.1, 0.15) is 27.6 Å². The van der Waals surface area contributed by atoms with Crippen LogP contribution >= 0.6 is 11.3 Å². The number of fused-ring (bicyclic) bond motifs is 1. The minimum Gasteiger partial charge on any atom is -0.396 e. The largest absolute Gasteiger partial charge is 0.396 e. The summed E-state index contributed by atoms with van der Waals surface area (Å²) in [6.07, 6.45) is 2.49. The molecule has 0 spiro atoms. The maximum Gasteiger partial charge on any atom is 0.131 e. The lowest BCUT2D eigenvalue weighted by Gasteiger charge is -2.38. The van der Waals surface area contributed by atoms with E-state index in [2.05, 4.69) is 21.9 Å². The lowest BCUT2D eigenvalue weighted by molar-refractivity contribution is 0.231. The SMILES string of the molecule is N#Cc1sc(N2CCN3CCCC3C2)c(C#N)c1N. The van der Waals surface area contributed by atoms with E-state index in [1.54, 1.807) is 0 Å². The van der Waals surface area contributed by atoms with E-state index >= 15 is 0 Å². The van der Waals surface area contributed by atoms with Crippen molar-refractivity contribution in [3.8, 4) is 12.1 Å². The summed E-state index contributed by atoms with van der Waals surface area (Å²) in [5.41, 5.74) is 6.69. The number of hydrogen-bond acceptors (Lipinski definition) is 6. The van der Waals surface area contributed by atoms with Crippen molar-refractivity contribution in [2.75, 3.05) is 36.8 Å². The Bertz CT molecular complexity index is 579. The smallest absolute Gasteiger partial charge is 0.131 e. The van der Waals surface area contributed by atoms with Crippen LogP contribution in [0.4, 0.5) is 10.7 Å². The van der Waals surface area contributed by atoms with E-state index in [1.807, 2.05) is 0 Å². The average molecular weight is 273 g/mol. The third-order valence-corrected chi connectivity index (χ3v) is 5.19. The molecule has 2 saturated heterocycles. The van der Waals surface area contributed by atoms with Crippen LogP contribution in [-0.2, 0) is 0 Å². The van der Waals surface area contributed by atoms with Crippen LogP contribution < -0.4 is 10.6 Å². The maximum absolute atomic E-state index is 9.26. The van der Waals surface area contributed by atoms with Crippen LogP contribution in [0.3, 0.4) is 0 Å². The van der Waals surface area contributed by atoms with Crippen molar-refractivity contribution in [2.45, 2.75) is 18.9 Å². The highest BCUT2D eigenvalue weighted by Crippen LogP contribution is 2.38. The predicted molar refractivity (Wildman–Crippen MR) is 75.0 cm³/mol. The van der Waals surface area contributed by atoms with Crippen molar-refractivity contribution >= 4 is 22.0 Å². The average Bonchev–Trinajstić information content (AvgIpc) is 3.01. The van der Waals surface area contributed by atoms with E-state index in [9.17, 15) is 5.26 Å². The third kappa shape index (κ3) is 1.94. The molecule has 3 heterocycles. The molecule has 1 atom stereocenters. The Morgan fingerprint density at radius 3 is 2.79 bits per heavy atom. The number of anilines is 2. The normalized spacial score (nSPS) is 22.8. The summed E-state index contributed by atoms with van der Waals surface area (Å²) < 4.78 is 0. The Morgan fingerprint density at radius 2 is 2.05 bits per heavy atom. The van der Waals surface area contributed by atoms with E-state index in [0.29, 0.717) is 22.2 Å². The van der Waals surface area contributed by atoms with Crippen LogP contribution in [0.25, 0.3) is 0 Å². The number of nitriles is 2. The van der Waals surface area contributed by atoms with Gasteiger partial charge in [-0.3, -0.25) is 4.90 Å². The molecule has 0 aromatic carbocycles. The van der Waals surface area contributed by atoms with Crippen molar-refractivity contribution in [1.29, 1.82) is 10.5 Å². The van der Waals surface area contributed by atoms with Gasteiger partial charge >= 0.3 is 0 Å². The molecule has 0 amide bonds. The van der Waals surface area contributed by atoms with E-state index in [-0.39, 0.29) is 0 Å². The zero-order valence-electron chi connectivity index (χ0n) is 10.6. The van der Waals surface area contributed by atoms with Gasteiger partial charge in [0.25, 0.3) is 0 Å². The topological polar surface area (TPSA) is 80.1 Å². The Balaban J connectivity index is 1.91. The first-order valence-electron chi connectivity index (χ1n) is 6.46. The van der Waals surface area contributed by atoms with E-state index < -0.39 is 0 Å². The van der Waals surface area contributed by atoms with E-state index in [0.717, 1.165) is 24.6 Å². The van der Waals surface area contributed by atoms with Crippen LogP contribution in [0.15, 0.2) is 0 Å². The number of thiophene rings is 1. The molecule has 5 nitrogen and oxygen atoms in total. The first-order valence-corrected chi connectivity index (χ1v) is 7.27. The minimum absolute atomic E-state index is 0.346. The summed E-state index contributed by atoms with van der Waals surface area (Å²) in [4.78, 5) is 5.21. The van der Waals surface area contributed by atoms with Gasteiger partial charge in [-0.15, -0.1) is 11.3 Å². The molecule has 2 aliphatic rings. The molecule has 0 saturated carbocycles. The van der Waals surface area contributed by atoms with Gasteiger partial charge in [0.05, 0.1) is 5.69 Å². The highest BCUT2D eigenvalue weighted by molar-refractivity contribution is 7.17. The number of nitrogens with zero attached hydrogens (tertiary/aromatic N) is 4. The monoisotopic (exact) mass is 273 g/mol. The Kier molecular flexibility index (Phi) is 3.06. The molecule has 0 radical (unpaired) electrons. The summed E-state index contributed by atoms with van der Waals surface area (Å²) in [6, 6.07) is 4.83. The van der Waals surface area contributed by atoms with Crippen LogP contribution in [0, 0.1) is 22.7 Å². The fourth-order valence-corrected chi connectivity index (χ4v) is 4.02. The second kappa shape index (κ2) is 4.73. The lowest BCUT2D eigenvalue weighted by atomic mass is 10.1. The molecule has 1 aromatic rings. The van der Waals surface area contributed by atoms with Crippen molar-refractivity contribution in [1.82, 2.24) is 4.90 Å². The van der Waals surface area contributed by atoms with Gasteiger partial charge < -0.3 is 10.6 Å². The molecule has 2 fully saturated rings. The predicted octanol–water partition coefficient (Wildman–Crippen LogP) is 1.36. The van der Waals surface area contributed by atoms with E-state index in [4.69, 9.17) is 11.0 Å². The molecule has 2 N–H and O–H groups in total. The zero-order valence-corrected chi connectivity index (χ0v) is 11.4.